The molecule has 2 aromatic rings. The molecule has 0 saturated carbocycles. The molecule has 0 unspecified atom stereocenters. The smallest absolute Gasteiger partial charge is 0.314 e. The van der Waals surface area contributed by atoms with E-state index in [0.717, 1.165) is 11.1 Å². The number of nitrogens with one attached hydrogen (secondary N) is 2. The zero-order chi connectivity index (χ0) is 19.5. The van der Waals surface area contributed by atoms with Crippen LogP contribution in [0, 0.1) is 6.92 Å². The molecular weight excluding hydrogens is 352 g/mol. The van der Waals surface area contributed by atoms with Crippen LogP contribution in [0.25, 0.3) is 0 Å². The number of carbonyl (C=O) groups excluding carboxylic acids is 2. The number of methoxy groups -OCH3 is 1. The highest BCUT2D eigenvalue weighted by Crippen LogP contribution is 2.31. The first-order chi connectivity index (χ1) is 12.1. The normalized spacial score (nSPS) is 11.0. The van der Waals surface area contributed by atoms with Gasteiger partial charge in [-0.3, -0.25) is 9.59 Å². The fraction of sp³-hybridized carbons (Fsp3) is 0.300. The lowest BCUT2D eigenvalue weighted by Crippen LogP contribution is -2.30. The molecule has 6 heteroatoms. The second-order valence-corrected chi connectivity index (χ2v) is 7.41. The van der Waals surface area contributed by atoms with E-state index >= 15 is 0 Å². The molecule has 2 rings (SSSR count). The lowest BCUT2D eigenvalue weighted by Gasteiger charge is -2.22. The van der Waals surface area contributed by atoms with Gasteiger partial charge in [-0.05, 0) is 35.6 Å². The molecule has 0 fully saturated rings. The van der Waals surface area contributed by atoms with Gasteiger partial charge >= 0.3 is 11.8 Å². The van der Waals surface area contributed by atoms with Gasteiger partial charge in [-0.25, -0.2) is 0 Å². The van der Waals surface area contributed by atoms with E-state index < -0.39 is 11.8 Å². The third-order valence-corrected chi connectivity index (χ3v) is 4.33. The lowest BCUT2D eigenvalue weighted by atomic mass is 9.86. The number of anilines is 2. The van der Waals surface area contributed by atoms with Crippen molar-refractivity contribution in [2.24, 2.45) is 0 Å². The molecule has 2 aromatic carbocycles. The van der Waals surface area contributed by atoms with Crippen LogP contribution >= 0.6 is 11.6 Å². The highest BCUT2D eigenvalue weighted by atomic mass is 35.5. The average Bonchev–Trinajstić information content (AvgIpc) is 2.57. The van der Waals surface area contributed by atoms with Crippen LogP contribution in [0.1, 0.15) is 31.9 Å². The predicted octanol–water partition coefficient (Wildman–Crippen LogP) is 4.53. The van der Waals surface area contributed by atoms with Crippen molar-refractivity contribution in [2.45, 2.75) is 33.1 Å². The topological polar surface area (TPSA) is 67.4 Å². The van der Waals surface area contributed by atoms with E-state index in [1.807, 2.05) is 39.0 Å². The molecule has 0 aliphatic carbocycles. The third-order valence-electron chi connectivity index (χ3n) is 3.92. The molecule has 0 saturated heterocycles. The number of carbonyl (C=O) groups is 2. The van der Waals surface area contributed by atoms with Crippen LogP contribution in [0.5, 0.6) is 5.75 Å². The Kier molecular flexibility index (Phi) is 5.93. The average molecular weight is 375 g/mol. The van der Waals surface area contributed by atoms with Gasteiger partial charge in [-0.1, -0.05) is 50.6 Å². The third kappa shape index (κ3) is 4.55. The Hall–Kier alpha value is -2.53. The second-order valence-electron chi connectivity index (χ2n) is 7.01. The maximum atomic E-state index is 12.4. The van der Waals surface area contributed by atoms with E-state index in [2.05, 4.69) is 10.6 Å². The van der Waals surface area contributed by atoms with E-state index in [-0.39, 0.29) is 5.41 Å². The van der Waals surface area contributed by atoms with Gasteiger partial charge in [0.1, 0.15) is 5.75 Å². The summed E-state index contributed by atoms with van der Waals surface area (Å²) in [6, 6.07) is 10.7. The summed E-state index contributed by atoms with van der Waals surface area (Å²) in [6.07, 6.45) is 0. The second kappa shape index (κ2) is 7.79. The minimum Gasteiger partial charge on any atom is -0.495 e. The molecule has 26 heavy (non-hydrogen) atoms. The molecule has 2 amide bonds. The Labute approximate surface area is 158 Å². The molecule has 2 N–H and O–H groups in total. The Morgan fingerprint density at radius 1 is 1.00 bits per heavy atom. The molecule has 0 heterocycles. The van der Waals surface area contributed by atoms with Gasteiger partial charge < -0.3 is 15.4 Å². The molecule has 0 radical (unpaired) electrons. The molecule has 0 aliphatic heterocycles. The lowest BCUT2D eigenvalue weighted by molar-refractivity contribution is -0.133. The van der Waals surface area contributed by atoms with Gasteiger partial charge in [0, 0.05) is 16.8 Å². The van der Waals surface area contributed by atoms with Crippen molar-refractivity contribution in [1.82, 2.24) is 0 Å². The van der Waals surface area contributed by atoms with Crippen LogP contribution < -0.4 is 15.4 Å². The first-order valence-electron chi connectivity index (χ1n) is 8.19. The van der Waals surface area contributed by atoms with Crippen molar-refractivity contribution in [3.05, 3.63) is 52.5 Å². The van der Waals surface area contributed by atoms with Crippen LogP contribution in [0.3, 0.4) is 0 Å². The molecule has 0 bridgehead atoms. The first kappa shape index (κ1) is 19.8. The van der Waals surface area contributed by atoms with E-state index in [0.29, 0.717) is 22.1 Å². The molecule has 0 atom stereocenters. The monoisotopic (exact) mass is 374 g/mol. The molecule has 0 aromatic heterocycles. The fourth-order valence-electron chi connectivity index (χ4n) is 2.53. The summed E-state index contributed by atoms with van der Waals surface area (Å²) in [5.41, 5.74) is 2.54. The summed E-state index contributed by atoms with van der Waals surface area (Å²) in [4.78, 5) is 24.7. The maximum absolute atomic E-state index is 12.4. The Bertz CT molecular complexity index is 841. The van der Waals surface area contributed by atoms with Crippen molar-refractivity contribution < 1.29 is 14.3 Å². The summed E-state index contributed by atoms with van der Waals surface area (Å²) in [6.45, 7) is 7.93. The number of hydrogen-bond donors (Lipinski definition) is 2. The number of hydrogen-bond acceptors (Lipinski definition) is 3. The Morgan fingerprint density at radius 2 is 1.58 bits per heavy atom. The van der Waals surface area contributed by atoms with Crippen molar-refractivity contribution in [1.29, 1.82) is 0 Å². The molecular formula is C20H23ClN2O3. The standard InChI is InChI=1S/C20H23ClN2O3/c1-12-10-16(17(26-5)11-14(12)21)23-19(25)18(24)22-15-9-7-6-8-13(15)20(2,3)4/h6-11H,1-5H3,(H,22,24)(H,23,25). The van der Waals surface area contributed by atoms with E-state index in [1.54, 1.807) is 25.1 Å². The van der Waals surface area contributed by atoms with Crippen LogP contribution in [0.2, 0.25) is 5.02 Å². The van der Waals surface area contributed by atoms with Gasteiger partial charge in [-0.15, -0.1) is 0 Å². The summed E-state index contributed by atoms with van der Waals surface area (Å²) in [5, 5.41) is 5.77. The molecule has 0 spiro atoms. The minimum atomic E-state index is -0.784. The first-order valence-corrected chi connectivity index (χ1v) is 8.57. The van der Waals surface area contributed by atoms with E-state index in [4.69, 9.17) is 16.3 Å². The van der Waals surface area contributed by atoms with Crippen LogP contribution in [0.4, 0.5) is 11.4 Å². The van der Waals surface area contributed by atoms with Crippen LogP contribution in [0.15, 0.2) is 36.4 Å². The van der Waals surface area contributed by atoms with Gasteiger partial charge in [0.05, 0.1) is 12.8 Å². The van der Waals surface area contributed by atoms with Gasteiger partial charge in [0.15, 0.2) is 0 Å². The van der Waals surface area contributed by atoms with Gasteiger partial charge in [0.2, 0.25) is 0 Å². The number of benzene rings is 2. The number of halogens is 1. The zero-order valence-electron chi connectivity index (χ0n) is 15.6. The molecule has 0 aliphatic rings. The van der Waals surface area contributed by atoms with E-state index in [9.17, 15) is 9.59 Å². The van der Waals surface area contributed by atoms with Crippen LogP contribution in [-0.4, -0.2) is 18.9 Å². The Morgan fingerprint density at radius 3 is 2.15 bits per heavy atom. The largest absolute Gasteiger partial charge is 0.495 e. The van der Waals surface area contributed by atoms with Crippen molar-refractivity contribution in [2.75, 3.05) is 17.7 Å². The Balaban J connectivity index is 2.20. The molecule has 138 valence electrons. The van der Waals surface area contributed by atoms with E-state index in [1.165, 1.54) is 7.11 Å². The highest BCUT2D eigenvalue weighted by Gasteiger charge is 2.22. The number of amides is 2. The minimum absolute atomic E-state index is 0.170. The predicted molar refractivity (Wildman–Crippen MR) is 105 cm³/mol. The van der Waals surface area contributed by atoms with Gasteiger partial charge in [-0.2, -0.15) is 0 Å². The summed E-state index contributed by atoms with van der Waals surface area (Å²) in [7, 11) is 1.47. The fourth-order valence-corrected chi connectivity index (χ4v) is 2.69. The summed E-state index contributed by atoms with van der Waals surface area (Å²) in [5.74, 6) is -1.15. The van der Waals surface area contributed by atoms with Crippen molar-refractivity contribution >= 4 is 34.8 Å². The van der Waals surface area contributed by atoms with Gasteiger partial charge in [0.25, 0.3) is 0 Å². The number of para-hydroxylation sites is 1. The highest BCUT2D eigenvalue weighted by molar-refractivity contribution is 6.44. The number of rotatable bonds is 3. The van der Waals surface area contributed by atoms with Crippen LogP contribution in [-0.2, 0) is 15.0 Å². The summed E-state index contributed by atoms with van der Waals surface area (Å²) >= 11 is 6.06. The SMILES string of the molecule is COc1cc(Cl)c(C)cc1NC(=O)C(=O)Nc1ccccc1C(C)(C)C. The number of aryl methyl sites for hydroxylation is 1. The van der Waals surface area contributed by atoms with Crippen molar-refractivity contribution in [3.8, 4) is 5.75 Å². The summed E-state index contributed by atoms with van der Waals surface area (Å²) < 4.78 is 5.21. The quantitative estimate of drug-likeness (QED) is 0.775. The zero-order valence-corrected chi connectivity index (χ0v) is 16.3. The van der Waals surface area contributed by atoms with Crippen molar-refractivity contribution in [3.63, 3.8) is 0 Å². The number of ether oxygens (including phenoxy) is 1. The maximum Gasteiger partial charge on any atom is 0.314 e. The molecule has 5 nitrogen and oxygen atoms in total.